The maximum absolute atomic E-state index is 10.7. The van der Waals surface area contributed by atoms with Crippen molar-refractivity contribution in [3.8, 4) is 0 Å². The summed E-state index contributed by atoms with van der Waals surface area (Å²) < 4.78 is 23.5. The molecule has 7 nitrogen and oxygen atoms in total. The van der Waals surface area contributed by atoms with E-state index in [9.17, 15) is 18.5 Å². The number of hydrogen-bond acceptors (Lipinski definition) is 4. The lowest BCUT2D eigenvalue weighted by atomic mass is 10.2. The summed E-state index contributed by atoms with van der Waals surface area (Å²) in [6, 6.07) is 4.05. The van der Waals surface area contributed by atoms with Gasteiger partial charge in [-0.2, -0.15) is 8.42 Å². The molecule has 0 atom stereocenters. The van der Waals surface area contributed by atoms with Crippen molar-refractivity contribution in [2.24, 2.45) is 5.14 Å². The third-order valence-corrected chi connectivity index (χ3v) is 2.26. The maximum atomic E-state index is 10.7. The van der Waals surface area contributed by atoms with Gasteiger partial charge in [-0.3, -0.25) is 14.8 Å². The zero-order valence-corrected chi connectivity index (χ0v) is 8.61. The SMILES string of the molecule is Cc1c(NS(N)(=O)=O)cccc1[N+](=O)[O-]. The number of nitrogens with zero attached hydrogens (tertiary/aromatic N) is 1. The molecule has 15 heavy (non-hydrogen) atoms. The van der Waals surface area contributed by atoms with Crippen LogP contribution in [-0.2, 0) is 10.2 Å². The minimum Gasteiger partial charge on any atom is -0.271 e. The fourth-order valence-electron chi connectivity index (χ4n) is 1.09. The molecule has 0 unspecified atom stereocenters. The second kappa shape index (κ2) is 3.83. The van der Waals surface area contributed by atoms with Crippen molar-refractivity contribution in [3.05, 3.63) is 33.9 Å². The van der Waals surface area contributed by atoms with Crippen molar-refractivity contribution in [2.75, 3.05) is 4.72 Å². The lowest BCUT2D eigenvalue weighted by Gasteiger charge is -2.06. The van der Waals surface area contributed by atoms with Gasteiger partial charge in [0, 0.05) is 6.07 Å². The fourth-order valence-corrected chi connectivity index (χ4v) is 1.61. The van der Waals surface area contributed by atoms with Crippen LogP contribution in [0.1, 0.15) is 5.56 Å². The Morgan fingerprint density at radius 2 is 2.07 bits per heavy atom. The Morgan fingerprint density at radius 1 is 1.47 bits per heavy atom. The van der Waals surface area contributed by atoms with Crippen LogP contribution in [0, 0.1) is 17.0 Å². The first-order chi connectivity index (χ1) is 6.81. The van der Waals surface area contributed by atoms with Crippen molar-refractivity contribution >= 4 is 21.6 Å². The molecule has 0 saturated carbocycles. The van der Waals surface area contributed by atoms with Crippen molar-refractivity contribution in [2.45, 2.75) is 6.92 Å². The van der Waals surface area contributed by atoms with Crippen molar-refractivity contribution in [1.29, 1.82) is 0 Å². The number of nitrogens with one attached hydrogen (secondary N) is 1. The molecule has 0 radical (unpaired) electrons. The molecular formula is C7H9N3O4S. The van der Waals surface area contributed by atoms with Crippen molar-refractivity contribution in [3.63, 3.8) is 0 Å². The van der Waals surface area contributed by atoms with Crippen LogP contribution >= 0.6 is 0 Å². The molecule has 82 valence electrons. The molecular weight excluding hydrogens is 222 g/mol. The van der Waals surface area contributed by atoms with E-state index in [0.717, 1.165) is 0 Å². The quantitative estimate of drug-likeness (QED) is 0.582. The third-order valence-electron chi connectivity index (χ3n) is 1.75. The number of nitro benzene ring substituents is 1. The smallest absolute Gasteiger partial charge is 0.271 e. The Morgan fingerprint density at radius 3 is 2.53 bits per heavy atom. The van der Waals surface area contributed by atoms with Crippen molar-refractivity contribution in [1.82, 2.24) is 0 Å². The Bertz CT molecular complexity index is 497. The Labute approximate surface area is 86.2 Å². The molecule has 0 aliphatic carbocycles. The lowest BCUT2D eigenvalue weighted by molar-refractivity contribution is -0.385. The van der Waals surface area contributed by atoms with E-state index >= 15 is 0 Å². The highest BCUT2D eigenvalue weighted by Gasteiger charge is 2.14. The predicted molar refractivity (Wildman–Crippen MR) is 54.6 cm³/mol. The molecule has 0 bridgehead atoms. The second-order valence-electron chi connectivity index (χ2n) is 2.85. The minimum atomic E-state index is -3.91. The van der Waals surface area contributed by atoms with Gasteiger partial charge in [0.2, 0.25) is 0 Å². The van der Waals surface area contributed by atoms with Crippen LogP contribution in [0.3, 0.4) is 0 Å². The van der Waals surface area contributed by atoms with Gasteiger partial charge in [-0.05, 0) is 13.0 Å². The predicted octanol–water partition coefficient (Wildman–Crippen LogP) is 0.519. The first-order valence-electron chi connectivity index (χ1n) is 3.86. The molecule has 0 aliphatic heterocycles. The standard InChI is InChI=1S/C7H9N3O4S/c1-5-6(9-15(8,13)14)3-2-4-7(5)10(11)12/h2-4,9H,1H3,(H2,8,13,14). The molecule has 1 aromatic rings. The first kappa shape index (κ1) is 11.4. The zero-order valence-electron chi connectivity index (χ0n) is 7.80. The molecule has 0 fully saturated rings. The van der Waals surface area contributed by atoms with Crippen LogP contribution in [0.2, 0.25) is 0 Å². The highest BCUT2D eigenvalue weighted by Crippen LogP contribution is 2.25. The molecule has 0 aromatic heterocycles. The average Bonchev–Trinajstić information content (AvgIpc) is 2.05. The van der Waals surface area contributed by atoms with E-state index in [1.54, 1.807) is 0 Å². The van der Waals surface area contributed by atoms with E-state index in [2.05, 4.69) is 0 Å². The largest absolute Gasteiger partial charge is 0.296 e. The van der Waals surface area contributed by atoms with Crippen LogP contribution in [0.4, 0.5) is 11.4 Å². The zero-order chi connectivity index (χ0) is 11.6. The summed E-state index contributed by atoms with van der Waals surface area (Å²) in [6.07, 6.45) is 0. The van der Waals surface area contributed by atoms with Crippen LogP contribution in [-0.4, -0.2) is 13.3 Å². The monoisotopic (exact) mass is 231 g/mol. The van der Waals surface area contributed by atoms with E-state index in [-0.39, 0.29) is 16.9 Å². The fraction of sp³-hybridized carbons (Fsp3) is 0.143. The third kappa shape index (κ3) is 2.89. The highest BCUT2D eigenvalue weighted by atomic mass is 32.2. The maximum Gasteiger partial charge on any atom is 0.296 e. The van der Waals surface area contributed by atoms with Gasteiger partial charge in [0.15, 0.2) is 0 Å². The molecule has 0 spiro atoms. The van der Waals surface area contributed by atoms with Crippen LogP contribution < -0.4 is 9.86 Å². The summed E-state index contributed by atoms with van der Waals surface area (Å²) >= 11 is 0. The van der Waals surface area contributed by atoms with Crippen molar-refractivity contribution < 1.29 is 13.3 Å². The molecule has 1 rings (SSSR count). The summed E-state index contributed by atoms with van der Waals surface area (Å²) in [4.78, 5) is 9.94. The Hall–Kier alpha value is -1.67. The van der Waals surface area contributed by atoms with Gasteiger partial charge in [0.05, 0.1) is 16.2 Å². The number of benzene rings is 1. The lowest BCUT2D eigenvalue weighted by Crippen LogP contribution is -2.22. The molecule has 0 aliphatic rings. The molecule has 1 aromatic carbocycles. The molecule has 3 N–H and O–H groups in total. The van der Waals surface area contributed by atoms with Gasteiger partial charge < -0.3 is 0 Å². The van der Waals surface area contributed by atoms with Crippen LogP contribution in [0.25, 0.3) is 0 Å². The molecule has 0 heterocycles. The number of anilines is 1. The van der Waals surface area contributed by atoms with Crippen LogP contribution in [0.15, 0.2) is 18.2 Å². The minimum absolute atomic E-state index is 0.103. The number of nitro groups is 1. The number of hydrogen-bond donors (Lipinski definition) is 2. The average molecular weight is 231 g/mol. The first-order valence-corrected chi connectivity index (χ1v) is 5.40. The van der Waals surface area contributed by atoms with Gasteiger partial charge in [0.1, 0.15) is 0 Å². The van der Waals surface area contributed by atoms with Crippen LogP contribution in [0.5, 0.6) is 0 Å². The van der Waals surface area contributed by atoms with E-state index < -0.39 is 15.1 Å². The van der Waals surface area contributed by atoms with E-state index in [1.165, 1.54) is 25.1 Å². The van der Waals surface area contributed by atoms with Gasteiger partial charge in [-0.1, -0.05) is 6.07 Å². The summed E-state index contributed by atoms with van der Waals surface area (Å²) in [5, 5.41) is 15.3. The highest BCUT2D eigenvalue weighted by molar-refractivity contribution is 7.90. The van der Waals surface area contributed by atoms with Gasteiger partial charge >= 0.3 is 0 Å². The number of nitrogens with two attached hydrogens (primary N) is 1. The van der Waals surface area contributed by atoms with Gasteiger partial charge in [0.25, 0.3) is 15.9 Å². The Balaban J connectivity index is 3.22. The summed E-state index contributed by atoms with van der Waals surface area (Å²) in [7, 11) is -3.91. The molecule has 0 saturated heterocycles. The molecule has 0 amide bonds. The van der Waals surface area contributed by atoms with E-state index in [4.69, 9.17) is 5.14 Å². The topological polar surface area (TPSA) is 115 Å². The number of rotatable bonds is 3. The van der Waals surface area contributed by atoms with Gasteiger partial charge in [-0.15, -0.1) is 0 Å². The van der Waals surface area contributed by atoms with Gasteiger partial charge in [-0.25, -0.2) is 5.14 Å². The van der Waals surface area contributed by atoms with E-state index in [0.29, 0.717) is 0 Å². The summed E-state index contributed by atoms with van der Waals surface area (Å²) in [5.41, 5.74) is 0.159. The summed E-state index contributed by atoms with van der Waals surface area (Å²) in [5.74, 6) is 0. The molecule has 8 heteroatoms. The van der Waals surface area contributed by atoms with E-state index in [1.807, 2.05) is 4.72 Å². The summed E-state index contributed by atoms with van der Waals surface area (Å²) in [6.45, 7) is 1.44. The Kier molecular flexibility index (Phi) is 2.91. The normalized spacial score (nSPS) is 11.1. The second-order valence-corrected chi connectivity index (χ2v) is 4.15.